The molecule has 1 aromatic heterocycles. The van der Waals surface area contributed by atoms with Crippen LogP contribution in [0.3, 0.4) is 0 Å². The van der Waals surface area contributed by atoms with Crippen molar-refractivity contribution in [1.29, 1.82) is 0 Å². The van der Waals surface area contributed by atoms with Crippen molar-refractivity contribution in [2.75, 3.05) is 0 Å². The fourth-order valence-corrected chi connectivity index (χ4v) is 2.37. The number of hydrogen-bond acceptors (Lipinski definition) is 3. The predicted molar refractivity (Wildman–Crippen MR) is 90.1 cm³/mol. The largest absolute Gasteiger partial charge is 0.480 e. The average Bonchev–Trinajstić information content (AvgIpc) is 2.61. The van der Waals surface area contributed by atoms with Gasteiger partial charge < -0.3 is 10.1 Å². The lowest BCUT2D eigenvalue weighted by molar-refractivity contribution is -0.127. The number of benzene rings is 2. The van der Waals surface area contributed by atoms with Crippen molar-refractivity contribution < 1.29 is 9.53 Å². The van der Waals surface area contributed by atoms with E-state index < -0.39 is 6.10 Å². The van der Waals surface area contributed by atoms with Gasteiger partial charge in [-0.2, -0.15) is 0 Å². The molecule has 1 atom stereocenters. The number of rotatable bonds is 5. The number of hydrogen-bond donors (Lipinski definition) is 1. The second-order valence-electron chi connectivity index (χ2n) is 5.28. The molecule has 0 fully saturated rings. The Hall–Kier alpha value is -2.88. The van der Waals surface area contributed by atoms with E-state index in [1.165, 1.54) is 0 Å². The van der Waals surface area contributed by atoms with Crippen LogP contribution in [-0.4, -0.2) is 17.0 Å². The predicted octanol–water partition coefficient (Wildman–Crippen LogP) is 3.32. The molecule has 4 heteroatoms. The molecule has 4 nitrogen and oxygen atoms in total. The normalized spacial score (nSPS) is 11.9. The molecule has 0 bridgehead atoms. The Morgan fingerprint density at radius 1 is 1.09 bits per heavy atom. The first-order valence-electron chi connectivity index (χ1n) is 7.56. The lowest BCUT2D eigenvalue weighted by Crippen LogP contribution is -2.36. The summed E-state index contributed by atoms with van der Waals surface area (Å²) in [5.41, 5.74) is 0.818. The number of amides is 1. The van der Waals surface area contributed by atoms with E-state index >= 15 is 0 Å². The van der Waals surface area contributed by atoms with Gasteiger partial charge >= 0.3 is 0 Å². The molecule has 3 rings (SSSR count). The Bertz CT molecular complexity index is 797. The van der Waals surface area contributed by atoms with E-state index in [0.717, 1.165) is 16.5 Å². The highest BCUT2D eigenvalue weighted by Gasteiger charge is 2.15. The van der Waals surface area contributed by atoms with Gasteiger partial charge in [-0.1, -0.05) is 42.5 Å². The summed E-state index contributed by atoms with van der Waals surface area (Å²) in [6, 6.07) is 19.4. The maximum Gasteiger partial charge on any atom is 0.261 e. The summed E-state index contributed by atoms with van der Waals surface area (Å²) in [6.45, 7) is 2.14. The van der Waals surface area contributed by atoms with Gasteiger partial charge in [0.15, 0.2) is 6.10 Å². The van der Waals surface area contributed by atoms with Crippen LogP contribution in [0.1, 0.15) is 12.6 Å². The van der Waals surface area contributed by atoms with Crippen molar-refractivity contribution in [3.63, 3.8) is 0 Å². The van der Waals surface area contributed by atoms with E-state index in [0.29, 0.717) is 12.3 Å². The van der Waals surface area contributed by atoms with Crippen molar-refractivity contribution in [2.24, 2.45) is 0 Å². The number of carbonyl (C=O) groups excluding carboxylic acids is 1. The summed E-state index contributed by atoms with van der Waals surface area (Å²) in [5.74, 6) is 0.548. The van der Waals surface area contributed by atoms with E-state index in [2.05, 4.69) is 10.3 Å². The number of nitrogens with zero attached hydrogens (tertiary/aromatic N) is 1. The number of aromatic nitrogens is 1. The van der Waals surface area contributed by atoms with Gasteiger partial charge in [0.05, 0.1) is 12.2 Å². The standard InChI is InChI=1S/C19H18N2O2/c1-14(19(22)21-13-16-9-4-5-12-20-16)23-18-11-6-8-15-7-2-3-10-17(15)18/h2-12,14H,13H2,1H3,(H,21,22). The van der Waals surface area contributed by atoms with Crippen LogP contribution in [0.2, 0.25) is 0 Å². The summed E-state index contributed by atoms with van der Waals surface area (Å²) in [7, 11) is 0. The third kappa shape index (κ3) is 3.66. The van der Waals surface area contributed by atoms with Gasteiger partial charge in [-0.3, -0.25) is 9.78 Å². The molecule has 0 aliphatic heterocycles. The highest BCUT2D eigenvalue weighted by molar-refractivity contribution is 5.89. The molecule has 1 N–H and O–H groups in total. The molecule has 116 valence electrons. The minimum Gasteiger partial charge on any atom is -0.480 e. The molecule has 3 aromatic rings. The Morgan fingerprint density at radius 2 is 1.87 bits per heavy atom. The van der Waals surface area contributed by atoms with Gasteiger partial charge in [0.1, 0.15) is 5.75 Å². The van der Waals surface area contributed by atoms with Crippen LogP contribution < -0.4 is 10.1 Å². The van der Waals surface area contributed by atoms with E-state index in [1.807, 2.05) is 60.7 Å². The zero-order chi connectivity index (χ0) is 16.1. The zero-order valence-corrected chi connectivity index (χ0v) is 12.9. The third-order valence-corrected chi connectivity index (χ3v) is 3.59. The highest BCUT2D eigenvalue weighted by Crippen LogP contribution is 2.25. The lowest BCUT2D eigenvalue weighted by Gasteiger charge is -2.16. The van der Waals surface area contributed by atoms with Crippen LogP contribution in [0.4, 0.5) is 0 Å². The van der Waals surface area contributed by atoms with Crippen LogP contribution in [-0.2, 0) is 11.3 Å². The Morgan fingerprint density at radius 3 is 2.70 bits per heavy atom. The highest BCUT2D eigenvalue weighted by atomic mass is 16.5. The fourth-order valence-electron chi connectivity index (χ4n) is 2.37. The number of ether oxygens (including phenoxy) is 1. The molecule has 0 saturated heterocycles. The minimum atomic E-state index is -0.579. The molecule has 0 aliphatic rings. The SMILES string of the molecule is CC(Oc1cccc2ccccc12)C(=O)NCc1ccccn1. The fraction of sp³-hybridized carbons (Fsp3) is 0.158. The van der Waals surface area contributed by atoms with Crippen molar-refractivity contribution in [3.8, 4) is 5.75 Å². The van der Waals surface area contributed by atoms with Crippen LogP contribution >= 0.6 is 0 Å². The lowest BCUT2D eigenvalue weighted by atomic mass is 10.1. The van der Waals surface area contributed by atoms with Gasteiger partial charge in [0, 0.05) is 11.6 Å². The van der Waals surface area contributed by atoms with Crippen LogP contribution in [0.15, 0.2) is 66.9 Å². The second-order valence-corrected chi connectivity index (χ2v) is 5.28. The first-order chi connectivity index (χ1) is 11.2. The topological polar surface area (TPSA) is 51.2 Å². The summed E-state index contributed by atoms with van der Waals surface area (Å²) < 4.78 is 5.85. The van der Waals surface area contributed by atoms with Gasteiger partial charge in [-0.25, -0.2) is 0 Å². The molecule has 0 spiro atoms. The van der Waals surface area contributed by atoms with Gasteiger partial charge in [-0.15, -0.1) is 0 Å². The first-order valence-corrected chi connectivity index (χ1v) is 7.56. The molecule has 1 amide bonds. The Balaban J connectivity index is 1.66. The molecule has 1 heterocycles. The minimum absolute atomic E-state index is 0.163. The average molecular weight is 306 g/mol. The Kier molecular flexibility index (Phi) is 4.52. The second kappa shape index (κ2) is 6.92. The van der Waals surface area contributed by atoms with Crippen molar-refractivity contribution >= 4 is 16.7 Å². The van der Waals surface area contributed by atoms with E-state index in [1.54, 1.807) is 13.1 Å². The number of pyridine rings is 1. The maximum absolute atomic E-state index is 12.2. The van der Waals surface area contributed by atoms with Crippen LogP contribution in [0, 0.1) is 0 Å². The molecular weight excluding hydrogens is 288 g/mol. The van der Waals surface area contributed by atoms with Crippen molar-refractivity contribution in [2.45, 2.75) is 19.6 Å². The summed E-state index contributed by atoms with van der Waals surface area (Å²) in [6.07, 6.45) is 1.13. The zero-order valence-electron chi connectivity index (χ0n) is 12.9. The molecule has 0 radical (unpaired) electrons. The summed E-state index contributed by atoms with van der Waals surface area (Å²) in [4.78, 5) is 16.4. The molecule has 23 heavy (non-hydrogen) atoms. The number of fused-ring (bicyclic) bond motifs is 1. The maximum atomic E-state index is 12.2. The number of carbonyl (C=O) groups is 1. The van der Waals surface area contributed by atoms with Gasteiger partial charge in [0.2, 0.25) is 0 Å². The molecule has 2 aromatic carbocycles. The molecule has 0 aliphatic carbocycles. The molecular formula is C19H18N2O2. The number of nitrogens with one attached hydrogen (secondary N) is 1. The molecule has 0 saturated carbocycles. The van der Waals surface area contributed by atoms with Gasteiger partial charge in [-0.05, 0) is 30.5 Å². The summed E-state index contributed by atoms with van der Waals surface area (Å²) >= 11 is 0. The summed E-state index contributed by atoms with van der Waals surface area (Å²) in [5, 5.41) is 4.93. The van der Waals surface area contributed by atoms with E-state index in [-0.39, 0.29) is 5.91 Å². The third-order valence-electron chi connectivity index (χ3n) is 3.59. The smallest absolute Gasteiger partial charge is 0.261 e. The Labute approximate surface area is 135 Å². The van der Waals surface area contributed by atoms with E-state index in [4.69, 9.17) is 4.74 Å². The van der Waals surface area contributed by atoms with Gasteiger partial charge in [0.25, 0.3) is 5.91 Å². The van der Waals surface area contributed by atoms with Crippen molar-refractivity contribution in [3.05, 3.63) is 72.6 Å². The van der Waals surface area contributed by atoms with Crippen molar-refractivity contribution in [1.82, 2.24) is 10.3 Å². The van der Waals surface area contributed by atoms with E-state index in [9.17, 15) is 4.79 Å². The van der Waals surface area contributed by atoms with Crippen LogP contribution in [0.25, 0.3) is 10.8 Å². The van der Waals surface area contributed by atoms with Crippen LogP contribution in [0.5, 0.6) is 5.75 Å². The first kappa shape index (κ1) is 15.0. The molecule has 1 unspecified atom stereocenters. The quantitative estimate of drug-likeness (QED) is 0.786. The monoisotopic (exact) mass is 306 g/mol.